The molecule has 9 heteroatoms. The number of halogens is 1. The molecule has 1 heterocycles. The Morgan fingerprint density at radius 1 is 1.10 bits per heavy atom. The lowest BCUT2D eigenvalue weighted by Crippen LogP contribution is -2.26. The highest BCUT2D eigenvalue weighted by molar-refractivity contribution is 7.92. The number of nitrogens with one attached hydrogen (secondary N) is 2. The van der Waals surface area contributed by atoms with Gasteiger partial charge in [-0.2, -0.15) is 0 Å². The van der Waals surface area contributed by atoms with Crippen molar-refractivity contribution in [2.75, 3.05) is 11.9 Å². The third-order valence-corrected chi connectivity index (χ3v) is 6.00. The fourth-order valence-electron chi connectivity index (χ4n) is 2.52. The number of amides is 1. The normalized spacial score (nSPS) is 11.6. The van der Waals surface area contributed by atoms with Gasteiger partial charge in [0.25, 0.3) is 0 Å². The molecule has 0 saturated heterocycles. The van der Waals surface area contributed by atoms with Gasteiger partial charge >= 0.3 is 0 Å². The van der Waals surface area contributed by atoms with Crippen LogP contribution in [-0.2, 0) is 21.2 Å². The first-order valence-electron chi connectivity index (χ1n) is 9.11. The second-order valence-electron chi connectivity index (χ2n) is 6.39. The predicted molar refractivity (Wildman–Crippen MR) is 117 cm³/mol. The topological polar surface area (TPSA) is 88.2 Å². The molecule has 1 aromatic heterocycles. The Hall–Kier alpha value is -2.88. The van der Waals surface area contributed by atoms with E-state index in [1.165, 1.54) is 29.5 Å². The van der Waals surface area contributed by atoms with Crippen molar-refractivity contribution in [1.82, 2.24) is 9.71 Å². The van der Waals surface area contributed by atoms with Gasteiger partial charge in [0.15, 0.2) is 5.13 Å². The molecule has 3 aromatic rings. The van der Waals surface area contributed by atoms with Crippen LogP contribution in [0.5, 0.6) is 0 Å². The summed E-state index contributed by atoms with van der Waals surface area (Å²) in [5.41, 5.74) is 1.71. The number of benzene rings is 2. The molecule has 0 spiro atoms. The molecule has 0 aliphatic carbocycles. The Balaban J connectivity index is 1.44. The van der Waals surface area contributed by atoms with Gasteiger partial charge in [-0.3, -0.25) is 4.79 Å². The molecule has 156 valence electrons. The van der Waals surface area contributed by atoms with Crippen molar-refractivity contribution in [1.29, 1.82) is 0 Å². The maximum atomic E-state index is 13.0. The smallest absolute Gasteiger partial charge is 0.233 e. The van der Waals surface area contributed by atoms with Crippen molar-refractivity contribution < 1.29 is 17.6 Å². The van der Waals surface area contributed by atoms with E-state index in [1.807, 2.05) is 18.2 Å². The van der Waals surface area contributed by atoms with Crippen LogP contribution in [0, 0.1) is 5.82 Å². The molecule has 0 radical (unpaired) electrons. The van der Waals surface area contributed by atoms with Crippen LogP contribution in [0.15, 0.2) is 66.2 Å². The highest BCUT2D eigenvalue weighted by Gasteiger charge is 2.10. The summed E-state index contributed by atoms with van der Waals surface area (Å²) >= 11 is 1.32. The van der Waals surface area contributed by atoms with Crippen molar-refractivity contribution in [3.63, 3.8) is 0 Å². The Kier molecular flexibility index (Phi) is 7.45. The number of thiazole rings is 1. The molecule has 0 fully saturated rings. The van der Waals surface area contributed by atoms with Crippen molar-refractivity contribution in [3.8, 4) is 0 Å². The van der Waals surface area contributed by atoms with E-state index in [2.05, 4.69) is 15.0 Å². The number of hydrogen-bond acceptors (Lipinski definition) is 5. The maximum absolute atomic E-state index is 13.0. The Morgan fingerprint density at radius 3 is 2.57 bits per heavy atom. The average molecular weight is 446 g/mol. The van der Waals surface area contributed by atoms with E-state index in [0.717, 1.165) is 21.4 Å². The fourth-order valence-corrected chi connectivity index (χ4v) is 4.20. The summed E-state index contributed by atoms with van der Waals surface area (Å²) < 4.78 is 39.3. The number of anilines is 1. The number of sulfonamides is 1. The van der Waals surface area contributed by atoms with Crippen molar-refractivity contribution in [2.24, 2.45) is 0 Å². The zero-order valence-electron chi connectivity index (χ0n) is 15.9. The first-order chi connectivity index (χ1) is 14.4. The summed E-state index contributed by atoms with van der Waals surface area (Å²) in [5.74, 6) is -0.630. The molecule has 0 atom stereocenters. The van der Waals surface area contributed by atoms with Gasteiger partial charge in [-0.25, -0.2) is 22.5 Å². The predicted octanol–water partition coefficient (Wildman–Crippen LogP) is 3.79. The molecule has 0 bridgehead atoms. The Labute approximate surface area is 178 Å². The third kappa shape index (κ3) is 7.18. The van der Waals surface area contributed by atoms with E-state index in [1.54, 1.807) is 30.5 Å². The van der Waals surface area contributed by atoms with Crippen LogP contribution >= 0.6 is 11.3 Å². The van der Waals surface area contributed by atoms with Gasteiger partial charge in [0, 0.05) is 35.9 Å². The zero-order valence-corrected chi connectivity index (χ0v) is 17.5. The highest BCUT2D eigenvalue weighted by Crippen LogP contribution is 2.21. The summed E-state index contributed by atoms with van der Waals surface area (Å²) in [6.07, 6.45) is 3.70. The van der Waals surface area contributed by atoms with Crippen molar-refractivity contribution in [3.05, 3.63) is 88.0 Å². The fraction of sp³-hybridized carbons (Fsp3) is 0.143. The lowest BCUT2D eigenvalue weighted by atomic mass is 10.1. The average Bonchev–Trinajstić information content (AvgIpc) is 3.15. The second-order valence-corrected chi connectivity index (χ2v) is 9.15. The number of aromatic nitrogens is 1. The van der Waals surface area contributed by atoms with Gasteiger partial charge in [0.2, 0.25) is 15.9 Å². The first kappa shape index (κ1) is 21.8. The van der Waals surface area contributed by atoms with E-state index in [-0.39, 0.29) is 24.7 Å². The van der Waals surface area contributed by atoms with Gasteiger partial charge in [0.1, 0.15) is 5.82 Å². The quantitative estimate of drug-likeness (QED) is 0.525. The number of carbonyl (C=O) groups excluding carboxylic acids is 1. The minimum Gasteiger partial charge on any atom is -0.302 e. The summed E-state index contributed by atoms with van der Waals surface area (Å²) in [5, 5.41) is 4.16. The van der Waals surface area contributed by atoms with Crippen LogP contribution < -0.4 is 10.0 Å². The third-order valence-electron chi connectivity index (χ3n) is 3.99. The van der Waals surface area contributed by atoms with Crippen LogP contribution in [0.4, 0.5) is 9.52 Å². The zero-order chi connectivity index (χ0) is 21.4. The Bertz CT molecular complexity index is 1110. The molecule has 0 saturated carbocycles. The highest BCUT2D eigenvalue weighted by atomic mass is 32.2. The Morgan fingerprint density at radius 2 is 1.83 bits per heavy atom. The van der Waals surface area contributed by atoms with Gasteiger partial charge < -0.3 is 5.32 Å². The van der Waals surface area contributed by atoms with Crippen LogP contribution in [-0.4, -0.2) is 25.9 Å². The maximum Gasteiger partial charge on any atom is 0.233 e. The van der Waals surface area contributed by atoms with Crippen molar-refractivity contribution >= 4 is 38.5 Å². The number of nitrogens with zero attached hydrogens (tertiary/aromatic N) is 1. The molecule has 6 nitrogen and oxygen atoms in total. The molecule has 30 heavy (non-hydrogen) atoms. The van der Waals surface area contributed by atoms with E-state index in [4.69, 9.17) is 0 Å². The van der Waals surface area contributed by atoms with Crippen molar-refractivity contribution in [2.45, 2.75) is 12.8 Å². The largest absolute Gasteiger partial charge is 0.302 e. The van der Waals surface area contributed by atoms with E-state index < -0.39 is 10.0 Å². The molecular formula is C21H20FN3O3S2. The SMILES string of the molecule is O=C(CCNS(=O)(=O)C=Cc1ccccc1)Nc1ncc(Cc2ccc(F)cc2)s1. The van der Waals surface area contributed by atoms with E-state index >= 15 is 0 Å². The molecular weight excluding hydrogens is 425 g/mol. The van der Waals surface area contributed by atoms with E-state index in [0.29, 0.717) is 11.6 Å². The van der Waals surface area contributed by atoms with E-state index in [9.17, 15) is 17.6 Å². The second kappa shape index (κ2) is 10.2. The van der Waals surface area contributed by atoms with Gasteiger partial charge in [-0.15, -0.1) is 11.3 Å². The summed E-state index contributed by atoms with van der Waals surface area (Å²) in [7, 11) is -3.63. The first-order valence-corrected chi connectivity index (χ1v) is 11.5. The van der Waals surface area contributed by atoms with Gasteiger partial charge in [0.05, 0.1) is 0 Å². The molecule has 0 unspecified atom stereocenters. The van der Waals surface area contributed by atoms with Crippen LogP contribution in [0.1, 0.15) is 22.4 Å². The van der Waals surface area contributed by atoms with Gasteiger partial charge in [-0.1, -0.05) is 42.5 Å². The number of hydrogen-bond donors (Lipinski definition) is 2. The summed E-state index contributed by atoms with van der Waals surface area (Å²) in [6, 6.07) is 15.2. The molecule has 3 rings (SSSR count). The lowest BCUT2D eigenvalue weighted by Gasteiger charge is -2.03. The minimum atomic E-state index is -3.63. The molecule has 2 N–H and O–H groups in total. The number of rotatable bonds is 9. The molecule has 1 amide bonds. The van der Waals surface area contributed by atoms with Crippen LogP contribution in [0.25, 0.3) is 6.08 Å². The summed E-state index contributed by atoms with van der Waals surface area (Å²) in [4.78, 5) is 17.1. The molecule has 0 aliphatic rings. The minimum absolute atomic E-state index is 0.0225. The monoisotopic (exact) mass is 445 g/mol. The molecule has 2 aromatic carbocycles. The van der Waals surface area contributed by atoms with Gasteiger partial charge in [-0.05, 0) is 29.3 Å². The van der Waals surface area contributed by atoms with Crippen LogP contribution in [0.3, 0.4) is 0 Å². The lowest BCUT2D eigenvalue weighted by molar-refractivity contribution is -0.116. The summed E-state index contributed by atoms with van der Waals surface area (Å²) in [6.45, 7) is -0.0267. The number of carbonyl (C=O) groups is 1. The molecule has 0 aliphatic heterocycles. The van der Waals surface area contributed by atoms with Crippen LogP contribution in [0.2, 0.25) is 0 Å². The standard InChI is InChI=1S/C21H20FN3O3S2/c22-18-8-6-17(7-9-18)14-19-15-23-21(29-19)25-20(26)10-12-24-30(27,28)13-11-16-4-2-1-3-5-16/h1-9,11,13,15,24H,10,12,14H2,(H,23,25,26).